The molecule has 188 valence electrons. The first-order valence-electron chi connectivity index (χ1n) is 11.0. The van der Waals surface area contributed by atoms with Crippen LogP contribution in [0.15, 0.2) is 41.6 Å². The van der Waals surface area contributed by atoms with Gasteiger partial charge in [-0.3, -0.25) is 9.59 Å². The van der Waals surface area contributed by atoms with Gasteiger partial charge in [-0.2, -0.15) is 13.2 Å². The highest BCUT2D eigenvalue weighted by atomic mass is 32.2. The zero-order valence-corrected chi connectivity index (χ0v) is 19.5. The van der Waals surface area contributed by atoms with Gasteiger partial charge in [0.15, 0.2) is 14.9 Å². The fourth-order valence-electron chi connectivity index (χ4n) is 4.28. The Morgan fingerprint density at radius 3 is 2.46 bits per heavy atom. The second-order valence-corrected chi connectivity index (χ2v) is 10.8. The van der Waals surface area contributed by atoms with Crippen molar-refractivity contribution in [3.05, 3.63) is 59.0 Å². The van der Waals surface area contributed by atoms with Gasteiger partial charge in [-0.25, -0.2) is 17.8 Å². The minimum Gasteiger partial charge on any atom is -0.347 e. The second-order valence-electron chi connectivity index (χ2n) is 8.87. The van der Waals surface area contributed by atoms with E-state index in [0.717, 1.165) is 24.5 Å². The highest BCUT2D eigenvalue weighted by Gasteiger charge is 2.40. The summed E-state index contributed by atoms with van der Waals surface area (Å²) in [5.74, 6) is -2.25. The summed E-state index contributed by atoms with van der Waals surface area (Å²) in [7, 11) is -3.64. The van der Waals surface area contributed by atoms with Gasteiger partial charge in [0.1, 0.15) is 11.9 Å². The van der Waals surface area contributed by atoms with E-state index in [1.54, 1.807) is 0 Å². The molecule has 2 aliphatic rings. The number of rotatable bonds is 6. The van der Waals surface area contributed by atoms with Crippen molar-refractivity contribution in [2.45, 2.75) is 49.0 Å². The molecule has 0 unspecified atom stereocenters. The summed E-state index contributed by atoms with van der Waals surface area (Å²) in [4.78, 5) is 31.3. The molecule has 12 heteroatoms. The van der Waals surface area contributed by atoms with Gasteiger partial charge in [0.2, 0.25) is 5.91 Å². The van der Waals surface area contributed by atoms with Crippen LogP contribution in [0.4, 0.5) is 17.6 Å². The molecule has 2 heterocycles. The normalized spacial score (nSPS) is 19.5. The number of benzene rings is 1. The Labute approximate surface area is 199 Å². The van der Waals surface area contributed by atoms with E-state index in [-0.39, 0.29) is 28.6 Å². The minimum absolute atomic E-state index is 0.0309. The Morgan fingerprint density at radius 2 is 1.86 bits per heavy atom. The number of halogens is 4. The van der Waals surface area contributed by atoms with E-state index in [2.05, 4.69) is 10.3 Å². The molecule has 1 aromatic heterocycles. The molecule has 35 heavy (non-hydrogen) atoms. The molecule has 7 nitrogen and oxygen atoms in total. The first-order chi connectivity index (χ1) is 16.4. The molecule has 1 saturated heterocycles. The maximum atomic E-state index is 14.6. The van der Waals surface area contributed by atoms with E-state index < -0.39 is 51.3 Å². The third kappa shape index (κ3) is 5.47. The van der Waals surface area contributed by atoms with Crippen molar-refractivity contribution in [1.82, 2.24) is 15.2 Å². The average Bonchev–Trinajstić information content (AvgIpc) is 3.51. The van der Waals surface area contributed by atoms with Crippen LogP contribution < -0.4 is 5.32 Å². The zero-order chi connectivity index (χ0) is 25.5. The SMILES string of the molecule is CS(=O)(=O)c1cc(C(=O)N2CCC[C@@H]2C(=O)N[C@@H](c2ccc(C(F)(F)F)cc2F)C2CC2)ccn1. The summed E-state index contributed by atoms with van der Waals surface area (Å²) in [5.41, 5.74) is -1.08. The van der Waals surface area contributed by atoms with Gasteiger partial charge in [-0.1, -0.05) is 6.07 Å². The lowest BCUT2D eigenvalue weighted by atomic mass is 9.99. The molecule has 2 aromatic rings. The Balaban J connectivity index is 1.54. The fourth-order valence-corrected chi connectivity index (χ4v) is 4.87. The van der Waals surface area contributed by atoms with Gasteiger partial charge in [0.25, 0.3) is 5.91 Å². The van der Waals surface area contributed by atoms with E-state index in [4.69, 9.17) is 0 Å². The van der Waals surface area contributed by atoms with Gasteiger partial charge >= 0.3 is 6.18 Å². The molecular weight excluding hydrogens is 490 g/mol. The van der Waals surface area contributed by atoms with Crippen molar-refractivity contribution in [3.8, 4) is 0 Å². The molecule has 0 radical (unpaired) electrons. The molecule has 1 saturated carbocycles. The summed E-state index contributed by atoms with van der Waals surface area (Å²) >= 11 is 0. The molecule has 0 bridgehead atoms. The van der Waals surface area contributed by atoms with Crippen molar-refractivity contribution in [2.75, 3.05) is 12.8 Å². The zero-order valence-electron chi connectivity index (χ0n) is 18.7. The molecule has 2 fully saturated rings. The van der Waals surface area contributed by atoms with Crippen LogP contribution in [-0.4, -0.2) is 49.0 Å². The van der Waals surface area contributed by atoms with Gasteiger partial charge in [0.05, 0.1) is 11.6 Å². The number of carbonyl (C=O) groups excluding carboxylic acids is 2. The van der Waals surface area contributed by atoms with E-state index in [9.17, 15) is 35.6 Å². The Hall–Kier alpha value is -3.02. The van der Waals surface area contributed by atoms with Crippen LogP contribution in [0.1, 0.15) is 53.2 Å². The smallest absolute Gasteiger partial charge is 0.347 e. The first kappa shape index (κ1) is 25.1. The number of hydrogen-bond acceptors (Lipinski definition) is 5. The fraction of sp³-hybridized carbons (Fsp3) is 0.435. The summed E-state index contributed by atoms with van der Waals surface area (Å²) in [5, 5.41) is 2.48. The predicted octanol–water partition coefficient (Wildman–Crippen LogP) is 3.52. The quantitative estimate of drug-likeness (QED) is 0.597. The lowest BCUT2D eigenvalue weighted by Crippen LogP contribution is -2.47. The number of hydrogen-bond donors (Lipinski definition) is 1. The summed E-state index contributed by atoms with van der Waals surface area (Å²) < 4.78 is 77.0. The number of nitrogens with one attached hydrogen (secondary N) is 1. The molecule has 4 rings (SSSR count). The lowest BCUT2D eigenvalue weighted by Gasteiger charge is -2.27. The number of alkyl halides is 3. The second kappa shape index (κ2) is 9.21. The van der Waals surface area contributed by atoms with Crippen LogP contribution in [0.25, 0.3) is 0 Å². The Morgan fingerprint density at radius 1 is 1.14 bits per heavy atom. The third-order valence-electron chi connectivity index (χ3n) is 6.23. The van der Waals surface area contributed by atoms with E-state index >= 15 is 0 Å². The van der Waals surface area contributed by atoms with Crippen LogP contribution in [0.2, 0.25) is 0 Å². The van der Waals surface area contributed by atoms with E-state index in [0.29, 0.717) is 31.7 Å². The minimum atomic E-state index is -4.69. The topological polar surface area (TPSA) is 96.4 Å². The van der Waals surface area contributed by atoms with Gasteiger partial charge in [-0.05, 0) is 55.9 Å². The van der Waals surface area contributed by atoms with Crippen LogP contribution in [0.3, 0.4) is 0 Å². The van der Waals surface area contributed by atoms with Crippen molar-refractivity contribution in [3.63, 3.8) is 0 Å². The van der Waals surface area contributed by atoms with Gasteiger partial charge < -0.3 is 10.2 Å². The lowest BCUT2D eigenvalue weighted by molar-refractivity contribution is -0.137. The van der Waals surface area contributed by atoms with E-state index in [1.165, 1.54) is 17.2 Å². The Bertz CT molecular complexity index is 1260. The molecule has 2 atom stereocenters. The molecule has 0 spiro atoms. The Kier molecular flexibility index (Phi) is 6.60. The summed E-state index contributed by atoms with van der Waals surface area (Å²) in [6.45, 7) is 0.260. The monoisotopic (exact) mass is 513 g/mol. The summed E-state index contributed by atoms with van der Waals surface area (Å²) in [6.07, 6.45) is -0.287. The van der Waals surface area contributed by atoms with Crippen LogP contribution in [0, 0.1) is 11.7 Å². The number of likely N-dealkylation sites (tertiary alicyclic amines) is 1. The largest absolute Gasteiger partial charge is 0.416 e. The maximum absolute atomic E-state index is 14.6. The van der Waals surface area contributed by atoms with E-state index in [1.807, 2.05) is 0 Å². The van der Waals surface area contributed by atoms with Crippen molar-refractivity contribution >= 4 is 21.7 Å². The highest BCUT2D eigenvalue weighted by Crippen LogP contribution is 2.43. The van der Waals surface area contributed by atoms with Crippen molar-refractivity contribution < 1.29 is 35.6 Å². The van der Waals surface area contributed by atoms with Crippen LogP contribution in [-0.2, 0) is 20.8 Å². The van der Waals surface area contributed by atoms with Crippen molar-refractivity contribution in [2.24, 2.45) is 5.92 Å². The van der Waals surface area contributed by atoms with Crippen molar-refractivity contribution in [1.29, 1.82) is 0 Å². The molecule has 1 aliphatic carbocycles. The van der Waals surface area contributed by atoms with Gasteiger partial charge in [0, 0.05) is 30.1 Å². The average molecular weight is 514 g/mol. The number of carbonyl (C=O) groups is 2. The number of pyridine rings is 1. The van der Waals surface area contributed by atoms with Gasteiger partial charge in [-0.15, -0.1) is 0 Å². The molecule has 1 aromatic carbocycles. The highest BCUT2D eigenvalue weighted by molar-refractivity contribution is 7.90. The number of aromatic nitrogens is 1. The maximum Gasteiger partial charge on any atom is 0.416 e. The molecule has 1 aliphatic heterocycles. The molecule has 2 amide bonds. The standard InChI is InChI=1S/C23H23F4N3O4S/c1-35(33,34)19-11-14(8-9-28-19)22(32)30-10-2-3-18(30)21(31)29-20(13-4-5-13)16-7-6-15(12-17(16)24)23(25,26)27/h6-9,11-13,18,20H,2-5,10H2,1H3,(H,29,31)/t18-,20-/m1/s1. The summed E-state index contributed by atoms with van der Waals surface area (Å²) in [6, 6.07) is 3.06. The molecular formula is C23H23F4N3O4S. The molecule has 1 N–H and O–H groups in total. The van der Waals surface area contributed by atoms with Crippen LogP contribution >= 0.6 is 0 Å². The third-order valence-corrected chi connectivity index (χ3v) is 7.22. The number of sulfone groups is 1. The number of nitrogens with zero attached hydrogens (tertiary/aromatic N) is 2. The predicted molar refractivity (Wildman–Crippen MR) is 116 cm³/mol. The number of amides is 2. The first-order valence-corrected chi connectivity index (χ1v) is 12.9. The van der Waals surface area contributed by atoms with Crippen LogP contribution in [0.5, 0.6) is 0 Å².